The third-order valence-electron chi connectivity index (χ3n) is 2.08. The maximum absolute atomic E-state index is 11.0. The lowest BCUT2D eigenvalue weighted by atomic mass is 10.4. The Hall–Kier alpha value is -1.30. The summed E-state index contributed by atoms with van der Waals surface area (Å²) >= 11 is 0. The topological polar surface area (TPSA) is 71.1 Å². The van der Waals surface area contributed by atoms with Crippen LogP contribution in [0.2, 0.25) is 0 Å². The molecule has 96 valence electrons. The van der Waals surface area contributed by atoms with E-state index in [0.717, 1.165) is 18.8 Å². The van der Waals surface area contributed by atoms with Crippen molar-refractivity contribution in [3.8, 4) is 0 Å². The van der Waals surface area contributed by atoms with Gasteiger partial charge in [-0.2, -0.15) is 0 Å². The number of rotatable bonds is 7. The van der Waals surface area contributed by atoms with Gasteiger partial charge >= 0.3 is 0 Å². The molecule has 2 N–H and O–H groups in total. The van der Waals surface area contributed by atoms with E-state index in [0.29, 0.717) is 12.4 Å². The Morgan fingerprint density at radius 3 is 2.29 bits per heavy atom. The fourth-order valence-electron chi connectivity index (χ4n) is 1.25. The van der Waals surface area contributed by atoms with Crippen LogP contribution in [-0.2, 0) is 9.84 Å². The quantitative estimate of drug-likeness (QED) is 0.771. The van der Waals surface area contributed by atoms with Crippen molar-refractivity contribution in [1.29, 1.82) is 0 Å². The predicted octanol–water partition coefficient (Wildman–Crippen LogP) is 1.36. The summed E-state index contributed by atoms with van der Waals surface area (Å²) in [5.74, 6) is 1.60. The van der Waals surface area contributed by atoms with Crippen molar-refractivity contribution >= 4 is 21.5 Å². The second-order valence-corrected chi connectivity index (χ2v) is 6.15. The van der Waals surface area contributed by atoms with Crippen LogP contribution in [0.3, 0.4) is 0 Å². The highest BCUT2D eigenvalue weighted by Crippen LogP contribution is 2.08. The van der Waals surface area contributed by atoms with E-state index in [1.807, 2.05) is 18.2 Å². The third-order valence-corrected chi connectivity index (χ3v) is 3.03. The minimum atomic E-state index is -2.92. The standard InChI is InChI=1S/C11H19N3O2S/c1-3-7-12-10-5-4-6-11(14-10)13-8-9-17(2,15)16/h4-6H,3,7-9H2,1-2H3,(H2,12,13,14). The van der Waals surface area contributed by atoms with E-state index >= 15 is 0 Å². The highest BCUT2D eigenvalue weighted by molar-refractivity contribution is 7.90. The molecule has 1 aromatic rings. The van der Waals surface area contributed by atoms with Gasteiger partial charge in [0.1, 0.15) is 21.5 Å². The summed E-state index contributed by atoms with van der Waals surface area (Å²) in [6.45, 7) is 3.34. The molecular weight excluding hydrogens is 238 g/mol. The van der Waals surface area contributed by atoms with Crippen LogP contribution >= 0.6 is 0 Å². The Morgan fingerprint density at radius 2 is 1.76 bits per heavy atom. The zero-order valence-electron chi connectivity index (χ0n) is 10.2. The Kier molecular flexibility index (Phi) is 5.21. The Balaban J connectivity index is 2.48. The molecule has 0 aliphatic rings. The van der Waals surface area contributed by atoms with Crippen LogP contribution in [0.4, 0.5) is 11.6 Å². The largest absolute Gasteiger partial charge is 0.370 e. The summed E-state index contributed by atoms with van der Waals surface area (Å²) < 4.78 is 21.9. The minimum absolute atomic E-state index is 0.112. The first kappa shape index (κ1) is 13.8. The molecule has 0 spiro atoms. The molecule has 17 heavy (non-hydrogen) atoms. The number of sulfone groups is 1. The first-order chi connectivity index (χ1) is 8.01. The average molecular weight is 257 g/mol. The summed E-state index contributed by atoms with van der Waals surface area (Å²) in [6.07, 6.45) is 2.26. The van der Waals surface area contributed by atoms with Crippen molar-refractivity contribution in [1.82, 2.24) is 4.98 Å². The van der Waals surface area contributed by atoms with Crippen molar-refractivity contribution in [3.05, 3.63) is 18.2 Å². The fourth-order valence-corrected chi connectivity index (χ4v) is 1.72. The van der Waals surface area contributed by atoms with E-state index in [9.17, 15) is 8.42 Å². The molecule has 1 aromatic heterocycles. The Labute approximate surface area is 103 Å². The first-order valence-electron chi connectivity index (χ1n) is 5.64. The number of anilines is 2. The van der Waals surface area contributed by atoms with E-state index in [2.05, 4.69) is 22.5 Å². The van der Waals surface area contributed by atoms with Gasteiger partial charge in [0, 0.05) is 19.3 Å². The molecule has 0 aromatic carbocycles. The van der Waals surface area contributed by atoms with E-state index in [1.165, 1.54) is 6.26 Å². The first-order valence-corrected chi connectivity index (χ1v) is 7.70. The van der Waals surface area contributed by atoms with Gasteiger partial charge in [-0.25, -0.2) is 13.4 Å². The number of nitrogens with one attached hydrogen (secondary N) is 2. The second kappa shape index (κ2) is 6.44. The molecule has 0 amide bonds. The van der Waals surface area contributed by atoms with Crippen molar-refractivity contribution in [2.75, 3.05) is 35.7 Å². The van der Waals surface area contributed by atoms with Crippen LogP contribution in [0, 0.1) is 0 Å². The average Bonchev–Trinajstić information content (AvgIpc) is 2.25. The van der Waals surface area contributed by atoms with Crippen LogP contribution < -0.4 is 10.6 Å². The monoisotopic (exact) mass is 257 g/mol. The van der Waals surface area contributed by atoms with Gasteiger partial charge in [-0.3, -0.25) is 0 Å². The number of pyridine rings is 1. The summed E-state index contributed by atoms with van der Waals surface area (Å²) in [4.78, 5) is 4.31. The predicted molar refractivity (Wildman–Crippen MR) is 71.2 cm³/mol. The molecule has 1 rings (SSSR count). The molecule has 0 saturated heterocycles. The van der Waals surface area contributed by atoms with Crippen LogP contribution in [0.25, 0.3) is 0 Å². The highest BCUT2D eigenvalue weighted by Gasteiger charge is 2.02. The molecule has 0 bridgehead atoms. The molecule has 0 unspecified atom stereocenters. The number of aromatic nitrogens is 1. The van der Waals surface area contributed by atoms with E-state index < -0.39 is 9.84 Å². The molecule has 0 radical (unpaired) electrons. The SMILES string of the molecule is CCCNc1cccc(NCCS(C)(=O)=O)n1. The summed E-state index contributed by atoms with van der Waals surface area (Å²) in [5.41, 5.74) is 0. The molecule has 5 nitrogen and oxygen atoms in total. The maximum atomic E-state index is 11.0. The van der Waals surface area contributed by atoms with Crippen molar-refractivity contribution in [3.63, 3.8) is 0 Å². The third kappa shape index (κ3) is 6.11. The van der Waals surface area contributed by atoms with Gasteiger partial charge < -0.3 is 10.6 Å². The zero-order valence-corrected chi connectivity index (χ0v) is 11.0. The van der Waals surface area contributed by atoms with Gasteiger partial charge in [-0.15, -0.1) is 0 Å². The van der Waals surface area contributed by atoms with Crippen LogP contribution in [0.5, 0.6) is 0 Å². The minimum Gasteiger partial charge on any atom is -0.370 e. The lowest BCUT2D eigenvalue weighted by Gasteiger charge is -2.08. The molecule has 1 heterocycles. The number of nitrogens with zero attached hydrogens (tertiary/aromatic N) is 1. The van der Waals surface area contributed by atoms with Crippen LogP contribution in [-0.4, -0.2) is 38.5 Å². The van der Waals surface area contributed by atoms with Crippen molar-refractivity contribution < 1.29 is 8.42 Å². The molecule has 0 aliphatic heterocycles. The smallest absolute Gasteiger partial charge is 0.149 e. The molecule has 0 atom stereocenters. The zero-order chi connectivity index (χ0) is 12.7. The molecular formula is C11H19N3O2S. The second-order valence-electron chi connectivity index (χ2n) is 3.89. The van der Waals surface area contributed by atoms with Crippen molar-refractivity contribution in [2.24, 2.45) is 0 Å². The van der Waals surface area contributed by atoms with E-state index in [-0.39, 0.29) is 5.75 Å². The summed E-state index contributed by atoms with van der Waals surface area (Å²) in [6, 6.07) is 5.59. The molecule has 0 fully saturated rings. The summed E-state index contributed by atoms with van der Waals surface area (Å²) in [7, 11) is -2.92. The van der Waals surface area contributed by atoms with E-state index in [1.54, 1.807) is 0 Å². The molecule has 0 saturated carbocycles. The van der Waals surface area contributed by atoms with Gasteiger partial charge in [0.05, 0.1) is 5.75 Å². The van der Waals surface area contributed by atoms with Gasteiger partial charge in [0.15, 0.2) is 0 Å². The number of hydrogen-bond donors (Lipinski definition) is 2. The lowest BCUT2D eigenvalue weighted by Crippen LogP contribution is -2.15. The summed E-state index contributed by atoms with van der Waals surface area (Å²) in [5, 5.41) is 6.16. The van der Waals surface area contributed by atoms with E-state index in [4.69, 9.17) is 0 Å². The Morgan fingerprint density at radius 1 is 1.18 bits per heavy atom. The normalized spacial score (nSPS) is 11.2. The van der Waals surface area contributed by atoms with Crippen molar-refractivity contribution in [2.45, 2.75) is 13.3 Å². The molecule has 6 heteroatoms. The highest BCUT2D eigenvalue weighted by atomic mass is 32.2. The Bertz CT molecular complexity index is 446. The van der Waals surface area contributed by atoms with Crippen LogP contribution in [0.15, 0.2) is 18.2 Å². The van der Waals surface area contributed by atoms with Gasteiger partial charge in [0.25, 0.3) is 0 Å². The van der Waals surface area contributed by atoms with Gasteiger partial charge in [-0.05, 0) is 18.6 Å². The number of hydrogen-bond acceptors (Lipinski definition) is 5. The van der Waals surface area contributed by atoms with Crippen LogP contribution in [0.1, 0.15) is 13.3 Å². The maximum Gasteiger partial charge on any atom is 0.149 e. The van der Waals surface area contributed by atoms with Gasteiger partial charge in [0.2, 0.25) is 0 Å². The molecule has 0 aliphatic carbocycles. The fraction of sp³-hybridized carbons (Fsp3) is 0.545. The lowest BCUT2D eigenvalue weighted by molar-refractivity contribution is 0.602. The van der Waals surface area contributed by atoms with Gasteiger partial charge in [-0.1, -0.05) is 13.0 Å².